The summed E-state index contributed by atoms with van der Waals surface area (Å²) in [5.74, 6) is -2.42. The highest BCUT2D eigenvalue weighted by Crippen LogP contribution is 2.37. The van der Waals surface area contributed by atoms with Crippen molar-refractivity contribution in [2.45, 2.75) is 96.1 Å². The van der Waals surface area contributed by atoms with Crippen LogP contribution in [0.5, 0.6) is 0 Å². The predicted octanol–water partition coefficient (Wildman–Crippen LogP) is 8.70. The minimum absolute atomic E-state index is 0.00793. The molecule has 2 saturated carbocycles. The van der Waals surface area contributed by atoms with Gasteiger partial charge in [0.2, 0.25) is 5.92 Å². The van der Waals surface area contributed by atoms with Crippen LogP contribution in [-0.4, -0.2) is 24.6 Å². The molecule has 2 aliphatic carbocycles. The van der Waals surface area contributed by atoms with Crippen molar-refractivity contribution in [3.05, 3.63) is 101 Å². The maximum absolute atomic E-state index is 13.9. The molecule has 0 amide bonds. The van der Waals surface area contributed by atoms with E-state index in [4.69, 9.17) is 27.7 Å². The average molecular weight is 716 g/mol. The standard InChI is InChI=1S/C17H20ClFN2O2.C16H16ClF3N2OS/c18-14-7-4-8-15(19)13(14)11-16-20-23-17(22)21(16)10-9-12-5-2-1-3-6-12;17-12-2-1-3-13(18)11(12)8-14-21-24-15(23)22(14)9-10-4-6-16(19,20)7-5-10/h4,7-8,12H,1-3,5-6,9-11H2;1-3,10H,4-9H2. The number of alkyl halides is 2. The molecule has 0 radical (unpaired) electrons. The molecule has 0 saturated heterocycles. The van der Waals surface area contributed by atoms with E-state index in [-0.39, 0.29) is 47.1 Å². The van der Waals surface area contributed by atoms with E-state index in [1.807, 2.05) is 0 Å². The summed E-state index contributed by atoms with van der Waals surface area (Å²) in [6.07, 6.45) is 7.89. The van der Waals surface area contributed by atoms with Gasteiger partial charge in [0.25, 0.3) is 0 Å². The third-order valence-corrected chi connectivity index (χ3v) is 10.5. The molecule has 0 bridgehead atoms. The van der Waals surface area contributed by atoms with E-state index < -0.39 is 23.3 Å². The fourth-order valence-corrected chi connectivity index (χ4v) is 7.38. The molecule has 254 valence electrons. The summed E-state index contributed by atoms with van der Waals surface area (Å²) in [5.41, 5.74) is 0.627. The van der Waals surface area contributed by atoms with Gasteiger partial charge in [0.05, 0.1) is 0 Å². The summed E-state index contributed by atoms with van der Waals surface area (Å²) in [5, 5.41) is 4.42. The van der Waals surface area contributed by atoms with E-state index in [0.29, 0.717) is 54.1 Å². The first-order valence-electron chi connectivity index (χ1n) is 15.8. The Morgan fingerprint density at radius 3 is 2.02 bits per heavy atom. The van der Waals surface area contributed by atoms with Crippen LogP contribution >= 0.6 is 34.7 Å². The number of hydrogen-bond acceptors (Lipinski definition) is 6. The van der Waals surface area contributed by atoms with Crippen LogP contribution in [0.15, 0.2) is 50.5 Å². The SMILES string of the molecule is O=c1onc(Cc2c(F)cccc2Cl)n1CCC1CCCCC1.O=c1snc(Cc2c(F)cccc2Cl)n1CC1CCC(F)(F)CC1. The Hall–Kier alpha value is -2.96. The molecule has 0 aliphatic heterocycles. The number of aromatic nitrogens is 4. The fourth-order valence-electron chi connectivity index (χ4n) is 6.29. The molecule has 0 unspecified atom stereocenters. The van der Waals surface area contributed by atoms with Crippen molar-refractivity contribution in [3.63, 3.8) is 0 Å². The molecular formula is C33H36Cl2F4N4O3S. The van der Waals surface area contributed by atoms with Crippen LogP contribution in [0.4, 0.5) is 17.6 Å². The Kier molecular flexibility index (Phi) is 12.0. The van der Waals surface area contributed by atoms with Gasteiger partial charge in [-0.3, -0.25) is 18.5 Å². The molecule has 2 aromatic heterocycles. The highest BCUT2D eigenvalue weighted by molar-refractivity contribution is 7.02. The molecule has 2 heterocycles. The first-order valence-corrected chi connectivity index (χ1v) is 17.4. The molecule has 2 aromatic carbocycles. The van der Waals surface area contributed by atoms with Gasteiger partial charge in [0.1, 0.15) is 17.5 Å². The van der Waals surface area contributed by atoms with Crippen LogP contribution in [0.1, 0.15) is 87.0 Å². The first-order chi connectivity index (χ1) is 22.5. The quantitative estimate of drug-likeness (QED) is 0.162. The van der Waals surface area contributed by atoms with Crippen LogP contribution in [0.2, 0.25) is 10.0 Å². The minimum atomic E-state index is -2.60. The molecule has 2 aliphatic rings. The molecule has 6 rings (SSSR count). The summed E-state index contributed by atoms with van der Waals surface area (Å²) in [6.45, 7) is 0.904. The van der Waals surface area contributed by atoms with Gasteiger partial charge < -0.3 is 0 Å². The number of nitrogens with zero attached hydrogens (tertiary/aromatic N) is 4. The smallest absolute Gasteiger partial charge is 0.296 e. The largest absolute Gasteiger partial charge is 0.441 e. The van der Waals surface area contributed by atoms with Crippen LogP contribution < -0.4 is 10.6 Å². The van der Waals surface area contributed by atoms with E-state index in [0.717, 1.165) is 18.0 Å². The molecule has 0 spiro atoms. The molecule has 47 heavy (non-hydrogen) atoms. The third-order valence-electron chi connectivity index (χ3n) is 9.08. The molecular weight excluding hydrogens is 679 g/mol. The lowest BCUT2D eigenvalue weighted by molar-refractivity contribution is -0.0474. The Morgan fingerprint density at radius 1 is 0.830 bits per heavy atom. The van der Waals surface area contributed by atoms with Gasteiger partial charge in [-0.25, -0.2) is 22.4 Å². The zero-order valence-electron chi connectivity index (χ0n) is 25.7. The first kappa shape index (κ1) is 35.3. The van der Waals surface area contributed by atoms with Gasteiger partial charge in [-0.2, -0.15) is 4.37 Å². The van der Waals surface area contributed by atoms with Crippen LogP contribution in [0.25, 0.3) is 0 Å². The van der Waals surface area contributed by atoms with Gasteiger partial charge in [0.15, 0.2) is 5.82 Å². The van der Waals surface area contributed by atoms with Crippen molar-refractivity contribution in [1.29, 1.82) is 0 Å². The number of hydrogen-bond donors (Lipinski definition) is 0. The number of rotatable bonds is 9. The van der Waals surface area contributed by atoms with Gasteiger partial charge >= 0.3 is 10.6 Å². The minimum Gasteiger partial charge on any atom is -0.296 e. The van der Waals surface area contributed by atoms with Crippen molar-refractivity contribution < 1.29 is 22.1 Å². The molecule has 14 heteroatoms. The highest BCUT2D eigenvalue weighted by Gasteiger charge is 2.35. The monoisotopic (exact) mass is 714 g/mol. The number of benzene rings is 2. The summed E-state index contributed by atoms with van der Waals surface area (Å²) in [6, 6.07) is 8.94. The van der Waals surface area contributed by atoms with Gasteiger partial charge in [0, 0.05) is 71.5 Å². The normalized spacial score (nSPS) is 17.0. The van der Waals surface area contributed by atoms with E-state index in [9.17, 15) is 27.2 Å². The second-order valence-electron chi connectivity index (χ2n) is 12.3. The van der Waals surface area contributed by atoms with E-state index >= 15 is 0 Å². The molecule has 0 atom stereocenters. The van der Waals surface area contributed by atoms with Crippen molar-refractivity contribution >= 4 is 34.7 Å². The van der Waals surface area contributed by atoms with Crippen LogP contribution in [0, 0.1) is 23.5 Å². The molecule has 0 N–H and O–H groups in total. The molecule has 4 aromatic rings. The Bertz CT molecular complexity index is 1720. The second kappa shape index (κ2) is 16.0. The lowest BCUT2D eigenvalue weighted by Gasteiger charge is -2.28. The maximum Gasteiger partial charge on any atom is 0.441 e. The summed E-state index contributed by atoms with van der Waals surface area (Å²) < 4.78 is 66.2. The maximum atomic E-state index is 13.9. The topological polar surface area (TPSA) is 82.9 Å². The van der Waals surface area contributed by atoms with Crippen molar-refractivity contribution in [2.75, 3.05) is 0 Å². The Balaban J connectivity index is 0.000000185. The molecule has 2 fully saturated rings. The number of halogens is 6. The lowest BCUT2D eigenvalue weighted by Crippen LogP contribution is -2.29. The van der Waals surface area contributed by atoms with Gasteiger partial charge in [-0.15, -0.1) is 0 Å². The van der Waals surface area contributed by atoms with Crippen molar-refractivity contribution in [3.8, 4) is 0 Å². The highest BCUT2D eigenvalue weighted by atomic mass is 35.5. The summed E-state index contributed by atoms with van der Waals surface area (Å²) in [4.78, 5) is 23.7. The van der Waals surface area contributed by atoms with E-state index in [1.54, 1.807) is 18.2 Å². The van der Waals surface area contributed by atoms with E-state index in [2.05, 4.69) is 9.53 Å². The zero-order valence-corrected chi connectivity index (χ0v) is 28.0. The van der Waals surface area contributed by atoms with Crippen LogP contribution in [-0.2, 0) is 25.9 Å². The average Bonchev–Trinajstić information content (AvgIpc) is 3.57. The van der Waals surface area contributed by atoms with Gasteiger partial charge in [-0.05, 0) is 55.4 Å². The fraction of sp³-hybridized carbons (Fsp3) is 0.515. The third kappa shape index (κ3) is 9.35. The molecule has 7 nitrogen and oxygen atoms in total. The Labute approximate surface area is 283 Å². The lowest BCUT2D eigenvalue weighted by atomic mass is 9.86. The van der Waals surface area contributed by atoms with Gasteiger partial charge in [-0.1, -0.05) is 72.6 Å². The predicted molar refractivity (Wildman–Crippen MR) is 174 cm³/mol. The Morgan fingerprint density at radius 2 is 1.43 bits per heavy atom. The summed E-state index contributed by atoms with van der Waals surface area (Å²) in [7, 11) is 0. The van der Waals surface area contributed by atoms with Crippen molar-refractivity contribution in [2.24, 2.45) is 11.8 Å². The summed E-state index contributed by atoms with van der Waals surface area (Å²) >= 11 is 12.9. The van der Waals surface area contributed by atoms with Crippen LogP contribution in [0.3, 0.4) is 0 Å². The zero-order chi connectivity index (χ0) is 33.6. The second-order valence-corrected chi connectivity index (χ2v) is 13.9. The van der Waals surface area contributed by atoms with E-state index in [1.165, 1.54) is 59.4 Å². The van der Waals surface area contributed by atoms with Crippen molar-refractivity contribution in [1.82, 2.24) is 18.7 Å².